The number of alkyl halides is 3. The van der Waals surface area contributed by atoms with Gasteiger partial charge in [0, 0.05) is 24.7 Å². The molecule has 1 fully saturated rings. The van der Waals surface area contributed by atoms with Crippen LogP contribution in [0.3, 0.4) is 0 Å². The lowest BCUT2D eigenvalue weighted by molar-refractivity contribution is -0.162. The second-order valence-electron chi connectivity index (χ2n) is 6.99. The Balaban J connectivity index is 1.78. The summed E-state index contributed by atoms with van der Waals surface area (Å²) in [6, 6.07) is 6.31. The number of rotatable bonds is 7. The zero-order valence-electron chi connectivity index (χ0n) is 16.7. The van der Waals surface area contributed by atoms with Gasteiger partial charge in [0.1, 0.15) is 0 Å². The van der Waals surface area contributed by atoms with Crippen LogP contribution in [0.4, 0.5) is 23.7 Å². The Morgan fingerprint density at radius 2 is 1.73 bits per heavy atom. The van der Waals surface area contributed by atoms with E-state index in [0.717, 1.165) is 17.7 Å². The number of carbonyl (C=O) groups excluding carboxylic acids is 3. The van der Waals surface area contributed by atoms with Crippen LogP contribution in [0.2, 0.25) is 0 Å². The zero-order chi connectivity index (χ0) is 22.1. The van der Waals surface area contributed by atoms with E-state index in [-0.39, 0.29) is 24.9 Å². The molecular formula is C20H25F3N2O5. The third-order valence-electron chi connectivity index (χ3n) is 4.60. The van der Waals surface area contributed by atoms with Gasteiger partial charge in [-0.1, -0.05) is 13.3 Å². The van der Waals surface area contributed by atoms with Crippen molar-refractivity contribution >= 4 is 23.7 Å². The van der Waals surface area contributed by atoms with Gasteiger partial charge in [0.15, 0.2) is 6.61 Å². The fourth-order valence-corrected chi connectivity index (χ4v) is 2.89. The van der Waals surface area contributed by atoms with Crippen molar-refractivity contribution in [3.63, 3.8) is 0 Å². The highest BCUT2D eigenvalue weighted by molar-refractivity contribution is 5.94. The Morgan fingerprint density at radius 3 is 2.30 bits per heavy atom. The Labute approximate surface area is 172 Å². The summed E-state index contributed by atoms with van der Waals surface area (Å²) in [4.78, 5) is 37.1. The van der Waals surface area contributed by atoms with Crippen molar-refractivity contribution in [3.05, 3.63) is 29.8 Å². The van der Waals surface area contributed by atoms with Gasteiger partial charge >= 0.3 is 18.2 Å². The average Bonchev–Trinajstić information content (AvgIpc) is 2.72. The maximum Gasteiger partial charge on any atom is 0.422 e. The molecule has 0 atom stereocenters. The van der Waals surface area contributed by atoms with E-state index in [4.69, 9.17) is 4.74 Å². The zero-order valence-corrected chi connectivity index (χ0v) is 16.7. The van der Waals surface area contributed by atoms with Crippen molar-refractivity contribution < 1.29 is 37.0 Å². The van der Waals surface area contributed by atoms with Gasteiger partial charge in [0.2, 0.25) is 5.91 Å². The third kappa shape index (κ3) is 7.57. The van der Waals surface area contributed by atoms with Gasteiger partial charge in [0.05, 0.1) is 12.2 Å². The fraction of sp³-hybridized carbons (Fsp3) is 0.550. The number of esters is 1. The molecule has 0 unspecified atom stereocenters. The predicted molar refractivity (Wildman–Crippen MR) is 102 cm³/mol. The van der Waals surface area contributed by atoms with E-state index in [1.807, 2.05) is 6.92 Å². The summed E-state index contributed by atoms with van der Waals surface area (Å²) >= 11 is 0. The molecule has 7 nitrogen and oxygen atoms in total. The molecule has 0 spiro atoms. The van der Waals surface area contributed by atoms with Crippen LogP contribution in [-0.2, 0) is 14.3 Å². The van der Waals surface area contributed by atoms with Crippen LogP contribution in [0.5, 0.6) is 0 Å². The predicted octanol–water partition coefficient (Wildman–Crippen LogP) is 3.99. The lowest BCUT2D eigenvalue weighted by Crippen LogP contribution is -2.42. The van der Waals surface area contributed by atoms with Gasteiger partial charge in [0.25, 0.3) is 0 Å². The molecule has 2 rings (SSSR count). The molecule has 2 amide bonds. The number of hydrogen-bond acceptors (Lipinski definition) is 5. The standard InChI is InChI=1S/C20H25F3N2O5/c1-2-3-12-29-18(27)15-4-6-16(7-5-15)24-17(26)14-8-10-25(11-9-14)19(28)30-13-20(21,22)23/h4-7,14H,2-3,8-13H2,1H3,(H,24,26). The number of piperidine rings is 1. The Hall–Kier alpha value is -2.78. The highest BCUT2D eigenvalue weighted by Gasteiger charge is 2.33. The lowest BCUT2D eigenvalue weighted by Gasteiger charge is -2.30. The van der Waals surface area contributed by atoms with Crippen LogP contribution in [0.15, 0.2) is 24.3 Å². The normalized spacial score (nSPS) is 14.9. The topological polar surface area (TPSA) is 84.9 Å². The minimum absolute atomic E-state index is 0.136. The summed E-state index contributed by atoms with van der Waals surface area (Å²) in [5.41, 5.74) is 0.895. The average molecular weight is 430 g/mol. The molecule has 1 aliphatic heterocycles. The van der Waals surface area contributed by atoms with Crippen molar-refractivity contribution in [2.24, 2.45) is 5.92 Å². The van der Waals surface area contributed by atoms with E-state index < -0.39 is 24.8 Å². The molecule has 0 bridgehead atoms. The maximum absolute atomic E-state index is 12.4. The van der Waals surface area contributed by atoms with Gasteiger partial charge < -0.3 is 19.7 Å². The largest absolute Gasteiger partial charge is 0.462 e. The lowest BCUT2D eigenvalue weighted by atomic mass is 9.96. The molecule has 0 saturated carbocycles. The number of hydrogen-bond donors (Lipinski definition) is 1. The molecule has 1 saturated heterocycles. The molecular weight excluding hydrogens is 405 g/mol. The second-order valence-corrected chi connectivity index (χ2v) is 6.99. The van der Waals surface area contributed by atoms with E-state index >= 15 is 0 Å². The van der Waals surface area contributed by atoms with E-state index in [0.29, 0.717) is 30.7 Å². The number of benzene rings is 1. The van der Waals surface area contributed by atoms with Crippen LogP contribution in [0.25, 0.3) is 0 Å². The SMILES string of the molecule is CCCCOC(=O)c1ccc(NC(=O)C2CCN(C(=O)OCC(F)(F)F)CC2)cc1. The molecule has 0 aromatic heterocycles. The van der Waals surface area contributed by atoms with Crippen LogP contribution in [0.1, 0.15) is 43.0 Å². The van der Waals surface area contributed by atoms with E-state index in [2.05, 4.69) is 10.1 Å². The molecule has 1 aromatic rings. The Kier molecular flexibility index (Phi) is 8.49. The first-order valence-corrected chi connectivity index (χ1v) is 9.76. The molecule has 30 heavy (non-hydrogen) atoms. The van der Waals surface area contributed by atoms with Gasteiger partial charge in [-0.15, -0.1) is 0 Å². The van der Waals surface area contributed by atoms with Crippen molar-refractivity contribution in [1.29, 1.82) is 0 Å². The molecule has 0 radical (unpaired) electrons. The molecule has 1 N–H and O–H groups in total. The minimum Gasteiger partial charge on any atom is -0.462 e. The monoisotopic (exact) mass is 430 g/mol. The number of ether oxygens (including phenoxy) is 2. The van der Waals surface area contributed by atoms with Gasteiger partial charge in [-0.3, -0.25) is 4.79 Å². The van der Waals surface area contributed by atoms with Gasteiger partial charge in [-0.2, -0.15) is 13.2 Å². The number of halogens is 3. The minimum atomic E-state index is -4.57. The molecule has 166 valence electrons. The maximum atomic E-state index is 12.4. The summed E-state index contributed by atoms with van der Waals surface area (Å²) in [7, 11) is 0. The van der Waals surface area contributed by atoms with Crippen LogP contribution in [-0.4, -0.2) is 55.3 Å². The van der Waals surface area contributed by atoms with Crippen molar-refractivity contribution in [3.8, 4) is 0 Å². The number of unbranched alkanes of at least 4 members (excludes halogenated alkanes) is 1. The first kappa shape index (κ1) is 23.5. The molecule has 0 aliphatic carbocycles. The highest BCUT2D eigenvalue weighted by Crippen LogP contribution is 2.21. The van der Waals surface area contributed by atoms with Crippen molar-refractivity contribution in [2.45, 2.75) is 38.8 Å². The van der Waals surface area contributed by atoms with Gasteiger partial charge in [-0.25, -0.2) is 9.59 Å². The molecule has 1 aliphatic rings. The Bertz CT molecular complexity index is 729. The summed E-state index contributed by atoms with van der Waals surface area (Å²) in [6.07, 6.45) is -3.27. The first-order chi connectivity index (χ1) is 14.2. The van der Waals surface area contributed by atoms with Crippen LogP contribution < -0.4 is 5.32 Å². The van der Waals surface area contributed by atoms with E-state index in [9.17, 15) is 27.6 Å². The first-order valence-electron chi connectivity index (χ1n) is 9.76. The number of likely N-dealkylation sites (tertiary alicyclic amines) is 1. The third-order valence-corrected chi connectivity index (χ3v) is 4.60. The number of nitrogens with zero attached hydrogens (tertiary/aromatic N) is 1. The van der Waals surface area contributed by atoms with E-state index in [1.54, 1.807) is 24.3 Å². The summed E-state index contributed by atoms with van der Waals surface area (Å²) in [5, 5.41) is 2.74. The van der Waals surface area contributed by atoms with Gasteiger partial charge in [-0.05, 0) is 43.5 Å². The van der Waals surface area contributed by atoms with Crippen molar-refractivity contribution in [1.82, 2.24) is 4.90 Å². The van der Waals surface area contributed by atoms with Crippen molar-refractivity contribution in [2.75, 3.05) is 31.6 Å². The molecule has 10 heteroatoms. The summed E-state index contributed by atoms with van der Waals surface area (Å²) < 4.78 is 45.7. The second kappa shape index (κ2) is 10.8. The fourth-order valence-electron chi connectivity index (χ4n) is 2.89. The number of carbonyl (C=O) groups is 3. The summed E-state index contributed by atoms with van der Waals surface area (Å²) in [6.45, 7) is 0.994. The quantitative estimate of drug-likeness (QED) is 0.522. The highest BCUT2D eigenvalue weighted by atomic mass is 19.4. The number of nitrogens with one attached hydrogen (secondary N) is 1. The van der Waals surface area contributed by atoms with Crippen LogP contribution >= 0.6 is 0 Å². The smallest absolute Gasteiger partial charge is 0.422 e. The van der Waals surface area contributed by atoms with E-state index in [1.165, 1.54) is 0 Å². The van der Waals surface area contributed by atoms with Crippen LogP contribution in [0, 0.1) is 5.92 Å². The molecule has 1 aromatic carbocycles. The Morgan fingerprint density at radius 1 is 1.10 bits per heavy atom. The number of anilines is 1. The summed E-state index contributed by atoms with van der Waals surface area (Å²) in [5.74, 6) is -1.06. The molecule has 1 heterocycles. The number of amides is 2.